The molecule has 1 atom stereocenters. The Bertz CT molecular complexity index is 1510. The van der Waals surface area contributed by atoms with Crippen molar-refractivity contribution in [3.8, 4) is 0 Å². The van der Waals surface area contributed by atoms with Gasteiger partial charge in [-0.3, -0.25) is 13.9 Å². The molecule has 3 rings (SSSR count). The number of rotatable bonds is 10. The highest BCUT2D eigenvalue weighted by Gasteiger charge is 2.35. The number of halogens is 3. The van der Waals surface area contributed by atoms with Gasteiger partial charge in [0, 0.05) is 22.1 Å². The lowest BCUT2D eigenvalue weighted by Gasteiger charge is -2.35. The number of carbonyl (C=O) groups is 2. The fourth-order valence-electron chi connectivity index (χ4n) is 4.21. The Morgan fingerprint density at radius 1 is 1.00 bits per heavy atom. The molecule has 1 N–H and O–H groups in total. The highest BCUT2D eigenvalue weighted by atomic mass is 35.5. The summed E-state index contributed by atoms with van der Waals surface area (Å²) in [6.45, 7) is 8.12. The molecule has 0 radical (unpaired) electrons. The quantitative estimate of drug-likeness (QED) is 0.285. The van der Waals surface area contributed by atoms with Crippen LogP contribution in [0.15, 0.2) is 71.6 Å². The van der Waals surface area contributed by atoms with E-state index in [-0.39, 0.29) is 28.6 Å². The first-order valence-corrected chi connectivity index (χ1v) is 15.2. The van der Waals surface area contributed by atoms with Crippen molar-refractivity contribution in [2.45, 2.75) is 64.1 Å². The highest BCUT2D eigenvalue weighted by molar-refractivity contribution is 7.92. The lowest BCUT2D eigenvalue weighted by atomic mass is 10.1. The van der Waals surface area contributed by atoms with Crippen LogP contribution >= 0.6 is 23.2 Å². The molecule has 0 aliphatic heterocycles. The van der Waals surface area contributed by atoms with Crippen LogP contribution in [0.3, 0.4) is 0 Å². The number of para-hydroxylation sites is 1. The van der Waals surface area contributed by atoms with Crippen molar-refractivity contribution < 1.29 is 22.4 Å². The van der Waals surface area contributed by atoms with Crippen molar-refractivity contribution in [1.29, 1.82) is 0 Å². The van der Waals surface area contributed by atoms with E-state index in [9.17, 15) is 18.0 Å². The van der Waals surface area contributed by atoms with E-state index in [1.807, 2.05) is 27.7 Å². The van der Waals surface area contributed by atoms with Gasteiger partial charge in [0.2, 0.25) is 11.8 Å². The molecule has 41 heavy (non-hydrogen) atoms. The van der Waals surface area contributed by atoms with E-state index < -0.39 is 45.8 Å². The second-order valence-electron chi connectivity index (χ2n) is 10.7. The largest absolute Gasteiger partial charge is 0.350 e. The van der Waals surface area contributed by atoms with Crippen LogP contribution in [0.5, 0.6) is 0 Å². The third kappa shape index (κ3) is 8.21. The van der Waals surface area contributed by atoms with Gasteiger partial charge in [-0.1, -0.05) is 66.0 Å². The Balaban J connectivity index is 2.11. The minimum Gasteiger partial charge on any atom is -0.350 e. The Morgan fingerprint density at radius 3 is 2.20 bits per heavy atom. The zero-order valence-electron chi connectivity index (χ0n) is 23.6. The minimum absolute atomic E-state index is 0.107. The molecular weight excluding hydrogens is 588 g/mol. The molecule has 0 heterocycles. The first-order valence-electron chi connectivity index (χ1n) is 13.0. The number of sulfonamides is 1. The third-order valence-electron chi connectivity index (χ3n) is 6.25. The molecule has 220 valence electrons. The molecule has 3 aromatic rings. The van der Waals surface area contributed by atoms with Gasteiger partial charge in [0.15, 0.2) is 0 Å². The predicted octanol–water partition coefficient (Wildman–Crippen LogP) is 6.36. The van der Waals surface area contributed by atoms with Crippen LogP contribution in [0, 0.1) is 12.7 Å². The van der Waals surface area contributed by atoms with E-state index in [4.69, 9.17) is 23.2 Å². The van der Waals surface area contributed by atoms with Crippen LogP contribution in [-0.2, 0) is 26.2 Å². The van der Waals surface area contributed by atoms with Crippen LogP contribution < -0.4 is 9.62 Å². The number of benzene rings is 3. The number of nitrogens with zero attached hydrogens (tertiary/aromatic N) is 2. The van der Waals surface area contributed by atoms with Gasteiger partial charge in [0.05, 0.1) is 10.6 Å². The normalized spacial score (nSPS) is 12.5. The topological polar surface area (TPSA) is 86.8 Å². The number of hydrogen-bond donors (Lipinski definition) is 1. The zero-order chi connectivity index (χ0) is 30.5. The van der Waals surface area contributed by atoms with E-state index in [1.54, 1.807) is 31.2 Å². The van der Waals surface area contributed by atoms with Crippen LogP contribution in [-0.4, -0.2) is 43.3 Å². The van der Waals surface area contributed by atoms with Crippen LogP contribution in [0.2, 0.25) is 10.0 Å². The van der Waals surface area contributed by atoms with Gasteiger partial charge in [0.1, 0.15) is 18.4 Å². The SMILES string of the molecule is CC[C@@H](C(=O)NC(C)(C)C)N(Cc1ccc(Cl)cc1Cl)C(=O)CN(c1ccccc1F)S(=O)(=O)c1ccc(C)cc1. The molecule has 7 nitrogen and oxygen atoms in total. The number of aryl methyl sites for hydroxylation is 1. The Kier molecular flexibility index (Phi) is 10.4. The summed E-state index contributed by atoms with van der Waals surface area (Å²) >= 11 is 12.5. The summed E-state index contributed by atoms with van der Waals surface area (Å²) in [5, 5.41) is 3.56. The summed E-state index contributed by atoms with van der Waals surface area (Å²) in [6.07, 6.45) is 0.225. The molecule has 0 spiro atoms. The van der Waals surface area contributed by atoms with Crippen molar-refractivity contribution >= 4 is 50.7 Å². The van der Waals surface area contributed by atoms with E-state index in [2.05, 4.69) is 5.32 Å². The van der Waals surface area contributed by atoms with Crippen molar-refractivity contribution in [3.05, 3.63) is 93.7 Å². The first kappa shape index (κ1) is 32.4. The summed E-state index contributed by atoms with van der Waals surface area (Å²) in [5.41, 5.74) is 0.452. The molecule has 0 unspecified atom stereocenters. The second-order valence-corrected chi connectivity index (χ2v) is 13.4. The summed E-state index contributed by atoms with van der Waals surface area (Å²) in [4.78, 5) is 28.6. The van der Waals surface area contributed by atoms with Gasteiger partial charge in [-0.15, -0.1) is 0 Å². The molecule has 2 amide bonds. The average Bonchev–Trinajstić information content (AvgIpc) is 2.88. The molecule has 0 aromatic heterocycles. The van der Waals surface area contributed by atoms with Gasteiger partial charge in [-0.05, 0) is 76.1 Å². The molecule has 0 bridgehead atoms. The highest BCUT2D eigenvalue weighted by Crippen LogP contribution is 2.28. The minimum atomic E-state index is -4.39. The third-order valence-corrected chi connectivity index (χ3v) is 8.61. The molecule has 3 aromatic carbocycles. The monoisotopic (exact) mass is 621 g/mol. The van der Waals surface area contributed by atoms with Gasteiger partial charge in [-0.2, -0.15) is 0 Å². The number of anilines is 1. The maximum atomic E-state index is 15.1. The maximum Gasteiger partial charge on any atom is 0.264 e. The van der Waals surface area contributed by atoms with Crippen molar-refractivity contribution in [2.24, 2.45) is 0 Å². The van der Waals surface area contributed by atoms with Crippen LogP contribution in [0.1, 0.15) is 45.2 Å². The molecule has 0 aliphatic carbocycles. The molecule has 0 fully saturated rings. The summed E-state index contributed by atoms with van der Waals surface area (Å²) < 4.78 is 43.5. The smallest absolute Gasteiger partial charge is 0.264 e. The van der Waals surface area contributed by atoms with E-state index in [0.717, 1.165) is 15.9 Å². The summed E-state index contributed by atoms with van der Waals surface area (Å²) in [6, 6.07) is 15.1. The fraction of sp³-hybridized carbons (Fsp3) is 0.333. The zero-order valence-corrected chi connectivity index (χ0v) is 25.9. The lowest BCUT2D eigenvalue weighted by molar-refractivity contribution is -0.141. The molecule has 0 saturated carbocycles. The molecule has 0 aliphatic rings. The molecule has 0 saturated heterocycles. The Labute approximate surface area is 251 Å². The van der Waals surface area contributed by atoms with E-state index >= 15 is 4.39 Å². The van der Waals surface area contributed by atoms with Gasteiger partial charge >= 0.3 is 0 Å². The fourth-order valence-corrected chi connectivity index (χ4v) is 6.10. The van der Waals surface area contributed by atoms with Crippen molar-refractivity contribution in [2.75, 3.05) is 10.8 Å². The lowest BCUT2D eigenvalue weighted by Crippen LogP contribution is -2.55. The Hall–Kier alpha value is -3.14. The van der Waals surface area contributed by atoms with Gasteiger partial charge in [0.25, 0.3) is 10.0 Å². The van der Waals surface area contributed by atoms with E-state index in [0.29, 0.717) is 10.6 Å². The maximum absolute atomic E-state index is 15.1. The first-order chi connectivity index (χ1) is 19.1. The van der Waals surface area contributed by atoms with Crippen LogP contribution in [0.4, 0.5) is 10.1 Å². The second kappa shape index (κ2) is 13.2. The molecular formula is C30H34Cl2FN3O4S. The van der Waals surface area contributed by atoms with Crippen molar-refractivity contribution in [3.63, 3.8) is 0 Å². The van der Waals surface area contributed by atoms with Gasteiger partial charge < -0.3 is 10.2 Å². The summed E-state index contributed by atoms with van der Waals surface area (Å²) in [5.74, 6) is -1.95. The van der Waals surface area contributed by atoms with Gasteiger partial charge in [-0.25, -0.2) is 12.8 Å². The molecule has 11 heteroatoms. The summed E-state index contributed by atoms with van der Waals surface area (Å²) in [7, 11) is -4.39. The number of carbonyl (C=O) groups excluding carboxylic acids is 2. The van der Waals surface area contributed by atoms with E-state index in [1.165, 1.54) is 41.3 Å². The predicted molar refractivity (Wildman–Crippen MR) is 161 cm³/mol. The average molecular weight is 623 g/mol. The number of amides is 2. The number of hydrogen-bond acceptors (Lipinski definition) is 4. The standard InChI is InChI=1S/C30H34Cl2FN3O4S/c1-6-26(29(38)34-30(3,4)5)35(18-21-13-14-22(31)17-24(21)32)28(37)19-36(27-10-8-7-9-25(27)33)41(39,40)23-15-11-20(2)12-16-23/h7-17,26H,6,18-19H2,1-5H3,(H,34,38)/t26-/m0/s1. The van der Waals surface area contributed by atoms with Crippen molar-refractivity contribution in [1.82, 2.24) is 10.2 Å². The van der Waals surface area contributed by atoms with Crippen LogP contribution in [0.25, 0.3) is 0 Å². The number of nitrogens with one attached hydrogen (secondary N) is 1. The Morgan fingerprint density at radius 2 is 1.63 bits per heavy atom.